The molecule has 1 aliphatic heterocycles. The van der Waals surface area contributed by atoms with Crippen molar-refractivity contribution in [2.24, 2.45) is 11.7 Å². The van der Waals surface area contributed by atoms with Gasteiger partial charge in [-0.15, -0.1) is 0 Å². The molecule has 2 fully saturated rings. The molecule has 0 unspecified atom stereocenters. The zero-order valence-corrected chi connectivity index (χ0v) is 11.3. The lowest BCUT2D eigenvalue weighted by Crippen LogP contribution is -2.69. The summed E-state index contributed by atoms with van der Waals surface area (Å²) in [5.41, 5.74) is 6.29. The van der Waals surface area contributed by atoms with E-state index in [4.69, 9.17) is 10.5 Å². The fraction of sp³-hybridized carbons (Fsp3) is 0.636. The van der Waals surface area contributed by atoms with E-state index in [9.17, 15) is 0 Å². The molecule has 5 nitrogen and oxygen atoms in total. The van der Waals surface area contributed by atoms with Gasteiger partial charge in [-0.1, -0.05) is 0 Å². The van der Waals surface area contributed by atoms with Crippen LogP contribution in [-0.2, 0) is 0 Å². The second-order valence-corrected chi connectivity index (χ2v) is 5.75. The number of anilines is 1. The Morgan fingerprint density at radius 1 is 1.53 bits per heavy atom. The van der Waals surface area contributed by atoms with Crippen molar-refractivity contribution in [3.63, 3.8) is 0 Å². The third-order valence-electron chi connectivity index (χ3n) is 3.54. The van der Waals surface area contributed by atoms with Crippen molar-refractivity contribution in [2.45, 2.75) is 18.4 Å². The summed E-state index contributed by atoms with van der Waals surface area (Å²) >= 11 is 3.34. The van der Waals surface area contributed by atoms with Crippen molar-refractivity contribution in [3.05, 3.63) is 10.7 Å². The summed E-state index contributed by atoms with van der Waals surface area (Å²) in [6.07, 6.45) is 4.26. The third-order valence-corrected chi connectivity index (χ3v) is 4.08. The molecule has 2 N–H and O–H groups in total. The van der Waals surface area contributed by atoms with Crippen molar-refractivity contribution in [3.8, 4) is 5.88 Å². The summed E-state index contributed by atoms with van der Waals surface area (Å²) in [7, 11) is 1.60. The molecule has 2 aliphatic rings. The second-order valence-electron chi connectivity index (χ2n) is 4.89. The molecule has 0 aromatic carbocycles. The molecule has 0 atom stereocenters. The Balaban J connectivity index is 1.74. The first-order valence-corrected chi connectivity index (χ1v) is 6.52. The number of rotatable bonds is 3. The van der Waals surface area contributed by atoms with Gasteiger partial charge in [0.25, 0.3) is 0 Å². The second kappa shape index (κ2) is 3.81. The molecule has 1 saturated heterocycles. The molecular formula is C11H15BrN4O. The average molecular weight is 299 g/mol. The molecule has 92 valence electrons. The van der Waals surface area contributed by atoms with Crippen LogP contribution in [0.4, 0.5) is 5.95 Å². The normalized spacial score (nSPS) is 22.2. The maximum absolute atomic E-state index is 6.30. The molecule has 0 bridgehead atoms. The Bertz CT molecular complexity index is 443. The molecule has 0 amide bonds. The predicted octanol–water partition coefficient (Wildman–Crippen LogP) is 1.18. The summed E-state index contributed by atoms with van der Waals surface area (Å²) in [6.45, 7) is 1.70. The van der Waals surface area contributed by atoms with Crippen molar-refractivity contribution in [2.75, 3.05) is 25.1 Å². The van der Waals surface area contributed by atoms with E-state index < -0.39 is 0 Å². The Morgan fingerprint density at radius 2 is 2.24 bits per heavy atom. The van der Waals surface area contributed by atoms with Gasteiger partial charge in [0.05, 0.1) is 23.3 Å². The van der Waals surface area contributed by atoms with Gasteiger partial charge in [0.15, 0.2) is 0 Å². The van der Waals surface area contributed by atoms with Crippen LogP contribution in [-0.4, -0.2) is 35.7 Å². The van der Waals surface area contributed by atoms with Crippen molar-refractivity contribution in [1.29, 1.82) is 0 Å². The minimum atomic E-state index is -0.0102. The van der Waals surface area contributed by atoms with Crippen LogP contribution in [0.15, 0.2) is 10.7 Å². The van der Waals surface area contributed by atoms with Crippen LogP contribution in [0.5, 0.6) is 5.88 Å². The van der Waals surface area contributed by atoms with Gasteiger partial charge in [-0.2, -0.15) is 4.98 Å². The Hall–Kier alpha value is -0.880. The lowest BCUT2D eigenvalue weighted by atomic mass is 9.86. The first-order chi connectivity index (χ1) is 8.12. The molecular weight excluding hydrogens is 284 g/mol. The standard InChI is InChI=1S/C11H15BrN4O/c1-17-9-8(12)4-14-10(15-9)16-5-11(13,6-16)7-2-3-7/h4,7H,2-3,5-6,13H2,1H3. The van der Waals surface area contributed by atoms with E-state index in [0.717, 1.165) is 17.6 Å². The average Bonchev–Trinajstić information content (AvgIpc) is 3.10. The SMILES string of the molecule is COc1nc(N2CC(N)(C3CC3)C2)ncc1Br. The van der Waals surface area contributed by atoms with Crippen LogP contribution in [0.2, 0.25) is 0 Å². The highest BCUT2D eigenvalue weighted by molar-refractivity contribution is 9.10. The van der Waals surface area contributed by atoms with Crippen LogP contribution >= 0.6 is 15.9 Å². The maximum atomic E-state index is 6.30. The molecule has 1 aromatic heterocycles. The number of ether oxygens (including phenoxy) is 1. The summed E-state index contributed by atoms with van der Waals surface area (Å²) in [4.78, 5) is 10.7. The first-order valence-electron chi connectivity index (χ1n) is 5.73. The molecule has 17 heavy (non-hydrogen) atoms. The summed E-state index contributed by atoms with van der Waals surface area (Å²) in [6, 6.07) is 0. The fourth-order valence-electron chi connectivity index (χ4n) is 2.36. The van der Waals surface area contributed by atoms with Crippen LogP contribution < -0.4 is 15.4 Å². The van der Waals surface area contributed by atoms with E-state index in [1.165, 1.54) is 12.8 Å². The highest BCUT2D eigenvalue weighted by Crippen LogP contribution is 2.43. The van der Waals surface area contributed by atoms with E-state index in [-0.39, 0.29) is 5.54 Å². The monoisotopic (exact) mass is 298 g/mol. The van der Waals surface area contributed by atoms with Gasteiger partial charge >= 0.3 is 0 Å². The van der Waals surface area contributed by atoms with Gasteiger partial charge in [-0.05, 0) is 34.7 Å². The van der Waals surface area contributed by atoms with Gasteiger partial charge in [0.2, 0.25) is 11.8 Å². The van der Waals surface area contributed by atoms with E-state index in [2.05, 4.69) is 30.8 Å². The highest BCUT2D eigenvalue weighted by atomic mass is 79.9. The third kappa shape index (κ3) is 1.89. The zero-order chi connectivity index (χ0) is 12.0. The van der Waals surface area contributed by atoms with Crippen LogP contribution in [0.1, 0.15) is 12.8 Å². The Kier molecular flexibility index (Phi) is 2.52. The van der Waals surface area contributed by atoms with E-state index >= 15 is 0 Å². The van der Waals surface area contributed by atoms with Gasteiger partial charge in [0, 0.05) is 13.1 Å². The van der Waals surface area contributed by atoms with E-state index in [0.29, 0.717) is 17.7 Å². The summed E-state index contributed by atoms with van der Waals surface area (Å²) in [5.74, 6) is 1.97. The molecule has 1 aliphatic carbocycles. The van der Waals surface area contributed by atoms with E-state index in [1.54, 1.807) is 13.3 Å². The van der Waals surface area contributed by atoms with Crippen LogP contribution in [0.25, 0.3) is 0 Å². The summed E-state index contributed by atoms with van der Waals surface area (Å²) in [5, 5.41) is 0. The molecule has 2 heterocycles. The van der Waals surface area contributed by atoms with Gasteiger partial charge in [-0.3, -0.25) is 0 Å². The minimum Gasteiger partial charge on any atom is -0.480 e. The van der Waals surface area contributed by atoms with Gasteiger partial charge in [-0.25, -0.2) is 4.98 Å². The van der Waals surface area contributed by atoms with Crippen LogP contribution in [0, 0.1) is 5.92 Å². The molecule has 1 aromatic rings. The van der Waals surface area contributed by atoms with Gasteiger partial charge in [0.1, 0.15) is 0 Å². The first kappa shape index (κ1) is 11.2. The maximum Gasteiger partial charge on any atom is 0.232 e. The molecule has 3 rings (SSSR count). The van der Waals surface area contributed by atoms with Crippen molar-refractivity contribution in [1.82, 2.24) is 9.97 Å². The Labute approximate surface area is 108 Å². The highest BCUT2D eigenvalue weighted by Gasteiger charge is 2.51. The lowest BCUT2D eigenvalue weighted by Gasteiger charge is -2.48. The molecule has 6 heteroatoms. The van der Waals surface area contributed by atoms with E-state index in [1.807, 2.05) is 0 Å². The lowest BCUT2D eigenvalue weighted by molar-refractivity contribution is 0.286. The fourth-order valence-corrected chi connectivity index (χ4v) is 2.71. The molecule has 0 radical (unpaired) electrons. The zero-order valence-electron chi connectivity index (χ0n) is 9.69. The number of hydrogen-bond donors (Lipinski definition) is 1. The number of nitrogens with zero attached hydrogens (tertiary/aromatic N) is 3. The molecule has 0 spiro atoms. The summed E-state index contributed by atoms with van der Waals surface area (Å²) < 4.78 is 5.93. The largest absolute Gasteiger partial charge is 0.480 e. The minimum absolute atomic E-state index is 0.0102. The molecule has 1 saturated carbocycles. The number of aromatic nitrogens is 2. The number of methoxy groups -OCH3 is 1. The smallest absolute Gasteiger partial charge is 0.232 e. The predicted molar refractivity (Wildman–Crippen MR) is 68.1 cm³/mol. The quantitative estimate of drug-likeness (QED) is 0.908. The number of nitrogens with two attached hydrogens (primary N) is 1. The topological polar surface area (TPSA) is 64.3 Å². The van der Waals surface area contributed by atoms with Crippen molar-refractivity contribution >= 4 is 21.9 Å². The Morgan fingerprint density at radius 3 is 2.82 bits per heavy atom. The van der Waals surface area contributed by atoms with Crippen molar-refractivity contribution < 1.29 is 4.74 Å². The number of hydrogen-bond acceptors (Lipinski definition) is 5. The number of halogens is 1. The van der Waals surface area contributed by atoms with Gasteiger partial charge < -0.3 is 15.4 Å². The van der Waals surface area contributed by atoms with Crippen LogP contribution in [0.3, 0.4) is 0 Å².